The molecule has 1 aromatic carbocycles. The number of nitrogens with one attached hydrogen (secondary N) is 1. The molecule has 0 bridgehead atoms. The molecule has 0 spiro atoms. The Balaban J connectivity index is 1.46. The summed E-state index contributed by atoms with van der Waals surface area (Å²) in [4.78, 5) is 30.0. The van der Waals surface area contributed by atoms with Crippen LogP contribution in [0.3, 0.4) is 0 Å². The fourth-order valence-electron chi connectivity index (χ4n) is 4.85. The zero-order chi connectivity index (χ0) is 22.2. The van der Waals surface area contributed by atoms with E-state index in [1.807, 2.05) is 16.7 Å². The van der Waals surface area contributed by atoms with Gasteiger partial charge in [0.05, 0.1) is 16.1 Å². The SMILES string of the molecule is Cc1onc2c1c(=O)n([C@H]1CCCC(CNC(=O)c3cccnc3)C1)c1cccc(Cl)c21. The summed E-state index contributed by atoms with van der Waals surface area (Å²) >= 11 is 6.53. The van der Waals surface area contributed by atoms with Gasteiger partial charge >= 0.3 is 0 Å². The van der Waals surface area contributed by atoms with E-state index in [0.717, 1.165) is 36.6 Å². The van der Waals surface area contributed by atoms with Gasteiger partial charge in [-0.3, -0.25) is 14.6 Å². The molecule has 8 heteroatoms. The molecular weight excluding hydrogens is 428 g/mol. The predicted molar refractivity (Wildman–Crippen MR) is 123 cm³/mol. The Morgan fingerprint density at radius 1 is 1.25 bits per heavy atom. The van der Waals surface area contributed by atoms with Crippen molar-refractivity contribution in [1.82, 2.24) is 20.0 Å². The molecule has 3 heterocycles. The Labute approximate surface area is 189 Å². The minimum absolute atomic E-state index is 0.0104. The molecule has 1 N–H and O–H groups in total. The van der Waals surface area contributed by atoms with Gasteiger partial charge in [-0.15, -0.1) is 0 Å². The van der Waals surface area contributed by atoms with Crippen molar-refractivity contribution >= 4 is 39.3 Å². The highest BCUT2D eigenvalue weighted by Crippen LogP contribution is 2.36. The van der Waals surface area contributed by atoms with Crippen LogP contribution >= 0.6 is 11.6 Å². The minimum atomic E-state index is -0.129. The number of aryl methyl sites for hydroxylation is 1. The van der Waals surface area contributed by atoms with E-state index in [1.165, 1.54) is 0 Å². The van der Waals surface area contributed by atoms with Crippen LogP contribution in [0, 0.1) is 12.8 Å². The first-order valence-corrected chi connectivity index (χ1v) is 11.2. The lowest BCUT2D eigenvalue weighted by molar-refractivity contribution is 0.0940. The van der Waals surface area contributed by atoms with Crippen LogP contribution in [-0.2, 0) is 0 Å². The molecule has 0 aliphatic heterocycles. The number of halogens is 1. The van der Waals surface area contributed by atoms with Crippen LogP contribution in [0.4, 0.5) is 0 Å². The fraction of sp³-hybridized carbons (Fsp3) is 0.333. The maximum Gasteiger partial charge on any atom is 0.264 e. The molecule has 1 aliphatic rings. The average Bonchev–Trinajstić information content (AvgIpc) is 3.20. The van der Waals surface area contributed by atoms with Gasteiger partial charge in [-0.2, -0.15) is 0 Å². The molecule has 2 atom stereocenters. The van der Waals surface area contributed by atoms with E-state index in [9.17, 15) is 9.59 Å². The molecule has 1 saturated carbocycles. The van der Waals surface area contributed by atoms with Gasteiger partial charge < -0.3 is 14.4 Å². The van der Waals surface area contributed by atoms with E-state index in [0.29, 0.717) is 33.8 Å². The second kappa shape index (κ2) is 8.39. The summed E-state index contributed by atoms with van der Waals surface area (Å²) in [6, 6.07) is 9.08. The lowest BCUT2D eigenvalue weighted by atomic mass is 9.85. The Bertz CT molecular complexity index is 1360. The normalized spacial score (nSPS) is 18.8. The molecule has 164 valence electrons. The van der Waals surface area contributed by atoms with Gasteiger partial charge in [0, 0.05) is 30.4 Å². The van der Waals surface area contributed by atoms with Gasteiger partial charge in [0.15, 0.2) is 0 Å². The third-order valence-electron chi connectivity index (χ3n) is 6.38. The van der Waals surface area contributed by atoms with Crippen molar-refractivity contribution in [2.45, 2.75) is 38.6 Å². The topological polar surface area (TPSA) is 90.0 Å². The second-order valence-electron chi connectivity index (χ2n) is 8.41. The Kier molecular flexibility index (Phi) is 5.43. The summed E-state index contributed by atoms with van der Waals surface area (Å²) < 4.78 is 7.22. The molecule has 4 aromatic rings. The molecule has 1 amide bonds. The fourth-order valence-corrected chi connectivity index (χ4v) is 5.11. The molecule has 1 unspecified atom stereocenters. The largest absolute Gasteiger partial charge is 0.360 e. The molecule has 32 heavy (non-hydrogen) atoms. The highest BCUT2D eigenvalue weighted by Gasteiger charge is 2.28. The summed E-state index contributed by atoms with van der Waals surface area (Å²) in [5.74, 6) is 0.641. The van der Waals surface area contributed by atoms with Crippen molar-refractivity contribution in [3.8, 4) is 0 Å². The Hall–Kier alpha value is -3.19. The summed E-state index contributed by atoms with van der Waals surface area (Å²) in [6.45, 7) is 2.31. The van der Waals surface area contributed by atoms with Gasteiger partial charge in [0.25, 0.3) is 11.5 Å². The zero-order valence-electron chi connectivity index (χ0n) is 17.7. The number of amides is 1. The molecular formula is C24H23ClN4O3. The van der Waals surface area contributed by atoms with Crippen LogP contribution in [-0.4, -0.2) is 27.2 Å². The predicted octanol–water partition coefficient (Wildman–Crippen LogP) is 4.66. The van der Waals surface area contributed by atoms with Crippen molar-refractivity contribution < 1.29 is 9.32 Å². The molecule has 1 aliphatic carbocycles. The van der Waals surface area contributed by atoms with Gasteiger partial charge in [0.1, 0.15) is 16.7 Å². The highest BCUT2D eigenvalue weighted by molar-refractivity contribution is 6.37. The van der Waals surface area contributed by atoms with Crippen LogP contribution in [0.25, 0.3) is 21.8 Å². The van der Waals surface area contributed by atoms with E-state index in [-0.39, 0.29) is 23.4 Å². The first-order valence-electron chi connectivity index (χ1n) is 10.8. The van der Waals surface area contributed by atoms with Gasteiger partial charge in [0.2, 0.25) is 0 Å². The number of rotatable bonds is 4. The molecule has 5 rings (SSSR count). The minimum Gasteiger partial charge on any atom is -0.360 e. The number of nitrogens with zero attached hydrogens (tertiary/aromatic N) is 3. The van der Waals surface area contributed by atoms with E-state index in [4.69, 9.17) is 16.1 Å². The third kappa shape index (κ3) is 3.56. The summed E-state index contributed by atoms with van der Waals surface area (Å²) in [5, 5.41) is 8.92. The standard InChI is InChI=1S/C24H23ClN4O3/c1-14-20-22(28-32-14)21-18(25)8-3-9-19(21)29(24(20)31)17-7-2-5-15(11-17)12-27-23(30)16-6-4-10-26-13-16/h3-4,6,8-10,13,15,17H,2,5,7,11-12H2,1H3,(H,27,30)/t15?,17-/m0/s1. The first kappa shape index (κ1) is 20.7. The van der Waals surface area contributed by atoms with E-state index < -0.39 is 0 Å². The molecule has 3 aromatic heterocycles. The van der Waals surface area contributed by atoms with E-state index >= 15 is 0 Å². The van der Waals surface area contributed by atoms with Crippen LogP contribution in [0.15, 0.2) is 52.0 Å². The highest BCUT2D eigenvalue weighted by atomic mass is 35.5. The summed E-state index contributed by atoms with van der Waals surface area (Å²) in [7, 11) is 0. The second-order valence-corrected chi connectivity index (χ2v) is 8.82. The summed E-state index contributed by atoms with van der Waals surface area (Å²) in [5.41, 5.74) is 1.73. The number of fused-ring (bicyclic) bond motifs is 3. The number of carbonyl (C=O) groups is 1. The van der Waals surface area contributed by atoms with Crippen LogP contribution in [0.2, 0.25) is 5.02 Å². The Morgan fingerprint density at radius 3 is 2.94 bits per heavy atom. The van der Waals surface area contributed by atoms with Crippen molar-refractivity contribution in [3.05, 3.63) is 69.4 Å². The lowest BCUT2D eigenvalue weighted by Gasteiger charge is -2.31. The van der Waals surface area contributed by atoms with Gasteiger partial charge in [-0.05, 0) is 56.4 Å². The molecule has 0 saturated heterocycles. The van der Waals surface area contributed by atoms with Crippen molar-refractivity contribution in [2.24, 2.45) is 5.92 Å². The molecule has 7 nitrogen and oxygen atoms in total. The number of carbonyl (C=O) groups excluding carboxylic acids is 1. The van der Waals surface area contributed by atoms with Crippen molar-refractivity contribution in [1.29, 1.82) is 0 Å². The van der Waals surface area contributed by atoms with E-state index in [1.54, 1.807) is 37.5 Å². The molecule has 0 radical (unpaired) electrons. The third-order valence-corrected chi connectivity index (χ3v) is 6.69. The average molecular weight is 451 g/mol. The van der Waals surface area contributed by atoms with Crippen molar-refractivity contribution in [3.63, 3.8) is 0 Å². The quantitative estimate of drug-likeness (QED) is 0.488. The van der Waals surface area contributed by atoms with Crippen molar-refractivity contribution in [2.75, 3.05) is 6.54 Å². The van der Waals surface area contributed by atoms with Crippen LogP contribution < -0.4 is 10.9 Å². The monoisotopic (exact) mass is 450 g/mol. The van der Waals surface area contributed by atoms with Crippen LogP contribution in [0.1, 0.15) is 47.8 Å². The number of aromatic nitrogens is 3. The smallest absolute Gasteiger partial charge is 0.264 e. The Morgan fingerprint density at radius 2 is 2.12 bits per heavy atom. The number of pyridine rings is 2. The number of benzene rings is 1. The first-order chi connectivity index (χ1) is 15.5. The number of hydrogen-bond donors (Lipinski definition) is 1. The van der Waals surface area contributed by atoms with Gasteiger partial charge in [-0.25, -0.2) is 0 Å². The zero-order valence-corrected chi connectivity index (χ0v) is 18.4. The lowest BCUT2D eigenvalue weighted by Crippen LogP contribution is -2.34. The van der Waals surface area contributed by atoms with E-state index in [2.05, 4.69) is 15.5 Å². The number of hydrogen-bond acceptors (Lipinski definition) is 5. The maximum atomic E-state index is 13.5. The maximum absolute atomic E-state index is 13.5. The van der Waals surface area contributed by atoms with Crippen LogP contribution in [0.5, 0.6) is 0 Å². The summed E-state index contributed by atoms with van der Waals surface area (Å²) in [6.07, 6.45) is 6.88. The van der Waals surface area contributed by atoms with Gasteiger partial charge in [-0.1, -0.05) is 29.2 Å². The molecule has 1 fully saturated rings.